The normalized spacial score (nSPS) is 11.1. The summed E-state index contributed by atoms with van der Waals surface area (Å²) in [6, 6.07) is 8.22. The van der Waals surface area contributed by atoms with E-state index in [0.29, 0.717) is 0 Å². The molecule has 108 valence electrons. The molecular weight excluding hydrogens is 250 g/mol. The topological polar surface area (TPSA) is 37.4 Å². The summed E-state index contributed by atoms with van der Waals surface area (Å²) in [6.07, 6.45) is 0. The van der Waals surface area contributed by atoms with E-state index in [-0.39, 0.29) is 0 Å². The van der Waals surface area contributed by atoms with Crippen LogP contribution in [0.3, 0.4) is 0 Å². The number of fused-ring (bicyclic) bond motifs is 1. The molecule has 1 N–H and O–H groups in total. The smallest absolute Gasteiger partial charge is 0.130 e. The molecule has 0 atom stereocenters. The van der Waals surface area contributed by atoms with E-state index in [9.17, 15) is 0 Å². The number of hydrogen-bond acceptors (Lipinski definition) is 4. The number of anilines is 1. The van der Waals surface area contributed by atoms with Gasteiger partial charge < -0.3 is 10.1 Å². The fraction of sp³-hybridized carbons (Fsp3) is 0.438. The summed E-state index contributed by atoms with van der Waals surface area (Å²) in [6.45, 7) is 7.36. The van der Waals surface area contributed by atoms with Gasteiger partial charge in [-0.05, 0) is 31.3 Å². The van der Waals surface area contributed by atoms with Gasteiger partial charge in [-0.15, -0.1) is 0 Å². The minimum atomic E-state index is 0.837. The molecule has 1 heterocycles. The highest BCUT2D eigenvalue weighted by Crippen LogP contribution is 2.25. The van der Waals surface area contributed by atoms with E-state index >= 15 is 0 Å². The highest BCUT2D eigenvalue weighted by molar-refractivity contribution is 5.83. The van der Waals surface area contributed by atoms with Crippen LogP contribution in [0, 0.1) is 0 Å². The van der Waals surface area contributed by atoms with Gasteiger partial charge in [0.05, 0.1) is 12.6 Å². The Morgan fingerprint density at radius 3 is 2.55 bits per heavy atom. The molecule has 4 heteroatoms. The summed E-state index contributed by atoms with van der Waals surface area (Å²) < 4.78 is 5.26. The van der Waals surface area contributed by atoms with Crippen LogP contribution in [-0.4, -0.2) is 37.1 Å². The number of benzene rings is 1. The van der Waals surface area contributed by atoms with Gasteiger partial charge in [-0.25, -0.2) is 4.98 Å². The Labute approximate surface area is 120 Å². The van der Waals surface area contributed by atoms with E-state index in [1.165, 1.54) is 5.56 Å². The molecule has 0 aliphatic heterocycles. The number of nitrogens with one attached hydrogen (secondary N) is 1. The summed E-state index contributed by atoms with van der Waals surface area (Å²) in [5.41, 5.74) is 2.19. The van der Waals surface area contributed by atoms with Crippen molar-refractivity contribution in [3.05, 3.63) is 29.8 Å². The predicted octanol–water partition coefficient (Wildman–Crippen LogP) is 3.13. The van der Waals surface area contributed by atoms with Crippen molar-refractivity contribution in [2.45, 2.75) is 20.4 Å². The predicted molar refractivity (Wildman–Crippen MR) is 84.5 cm³/mol. The van der Waals surface area contributed by atoms with E-state index in [1.54, 1.807) is 7.11 Å². The summed E-state index contributed by atoms with van der Waals surface area (Å²) >= 11 is 0. The van der Waals surface area contributed by atoms with E-state index in [0.717, 1.165) is 42.1 Å². The molecular formula is C16H23N3O. The second-order valence-electron chi connectivity index (χ2n) is 4.77. The Bertz CT molecular complexity index is 579. The van der Waals surface area contributed by atoms with Crippen LogP contribution in [-0.2, 0) is 6.54 Å². The molecule has 1 aromatic carbocycles. The van der Waals surface area contributed by atoms with E-state index < -0.39 is 0 Å². The zero-order valence-corrected chi connectivity index (χ0v) is 12.7. The van der Waals surface area contributed by atoms with Gasteiger partial charge in [-0.3, -0.25) is 4.90 Å². The number of rotatable bonds is 6. The molecule has 0 radical (unpaired) electrons. The van der Waals surface area contributed by atoms with Crippen molar-refractivity contribution in [3.63, 3.8) is 0 Å². The first kappa shape index (κ1) is 14.6. The lowest BCUT2D eigenvalue weighted by molar-refractivity contribution is 0.296. The third kappa shape index (κ3) is 3.02. The molecule has 0 spiro atoms. The first-order valence-corrected chi connectivity index (χ1v) is 7.09. The number of aromatic nitrogens is 1. The van der Waals surface area contributed by atoms with Crippen molar-refractivity contribution in [1.29, 1.82) is 0 Å². The van der Waals surface area contributed by atoms with Crippen molar-refractivity contribution >= 4 is 16.7 Å². The zero-order chi connectivity index (χ0) is 14.5. The molecule has 2 rings (SSSR count). The van der Waals surface area contributed by atoms with E-state index in [4.69, 9.17) is 9.72 Å². The Morgan fingerprint density at radius 2 is 1.95 bits per heavy atom. The lowest BCUT2D eigenvalue weighted by Crippen LogP contribution is -2.22. The number of pyridine rings is 1. The molecule has 0 bridgehead atoms. The average molecular weight is 273 g/mol. The van der Waals surface area contributed by atoms with Crippen molar-refractivity contribution in [3.8, 4) is 5.75 Å². The molecule has 0 aliphatic rings. The van der Waals surface area contributed by atoms with E-state index in [1.807, 2.05) is 19.2 Å². The van der Waals surface area contributed by atoms with Crippen molar-refractivity contribution in [2.24, 2.45) is 0 Å². The molecule has 1 aromatic heterocycles. The maximum atomic E-state index is 5.26. The number of nitrogens with zero attached hydrogens (tertiary/aromatic N) is 2. The number of hydrogen-bond donors (Lipinski definition) is 1. The molecule has 20 heavy (non-hydrogen) atoms. The fourth-order valence-electron chi connectivity index (χ4n) is 2.34. The van der Waals surface area contributed by atoms with Crippen LogP contribution in [0.15, 0.2) is 24.3 Å². The first-order valence-electron chi connectivity index (χ1n) is 7.09. The van der Waals surface area contributed by atoms with Gasteiger partial charge in [0.1, 0.15) is 11.6 Å². The molecule has 0 fully saturated rings. The summed E-state index contributed by atoms with van der Waals surface area (Å²) in [5, 5.41) is 4.35. The minimum absolute atomic E-state index is 0.837. The largest absolute Gasteiger partial charge is 0.497 e. The SMILES string of the molecule is CCN(CC)Cc1cc2ccc(OC)cc2nc1NC. The van der Waals surface area contributed by atoms with Crippen molar-refractivity contribution in [1.82, 2.24) is 9.88 Å². The maximum absolute atomic E-state index is 5.26. The summed E-state index contributed by atoms with van der Waals surface area (Å²) in [4.78, 5) is 7.09. The Kier molecular flexibility index (Phi) is 4.79. The third-order valence-corrected chi connectivity index (χ3v) is 3.63. The first-order chi connectivity index (χ1) is 9.71. The van der Waals surface area contributed by atoms with Crippen LogP contribution < -0.4 is 10.1 Å². The third-order valence-electron chi connectivity index (χ3n) is 3.63. The quantitative estimate of drug-likeness (QED) is 0.877. The molecule has 2 aromatic rings. The average Bonchev–Trinajstić information content (AvgIpc) is 2.51. The number of methoxy groups -OCH3 is 1. The van der Waals surface area contributed by atoms with Gasteiger partial charge in [0.15, 0.2) is 0 Å². The monoisotopic (exact) mass is 273 g/mol. The fourth-order valence-corrected chi connectivity index (χ4v) is 2.34. The van der Waals surface area contributed by atoms with Gasteiger partial charge in [0, 0.05) is 30.6 Å². The van der Waals surface area contributed by atoms with Crippen LogP contribution in [0.2, 0.25) is 0 Å². The second-order valence-corrected chi connectivity index (χ2v) is 4.77. The van der Waals surface area contributed by atoms with Crippen LogP contribution >= 0.6 is 0 Å². The molecule has 0 saturated heterocycles. The van der Waals surface area contributed by atoms with Crippen molar-refractivity contribution < 1.29 is 4.74 Å². The van der Waals surface area contributed by atoms with Crippen LogP contribution in [0.1, 0.15) is 19.4 Å². The van der Waals surface area contributed by atoms with E-state index in [2.05, 4.69) is 36.2 Å². The highest BCUT2D eigenvalue weighted by atomic mass is 16.5. The lowest BCUT2D eigenvalue weighted by atomic mass is 10.1. The molecule has 4 nitrogen and oxygen atoms in total. The molecule has 0 aliphatic carbocycles. The molecule has 0 unspecified atom stereocenters. The Morgan fingerprint density at radius 1 is 1.20 bits per heavy atom. The molecule has 0 amide bonds. The Hall–Kier alpha value is -1.81. The van der Waals surface area contributed by atoms with Crippen LogP contribution in [0.5, 0.6) is 5.75 Å². The van der Waals surface area contributed by atoms with Gasteiger partial charge in [0.25, 0.3) is 0 Å². The van der Waals surface area contributed by atoms with Crippen molar-refractivity contribution in [2.75, 3.05) is 32.6 Å². The lowest BCUT2D eigenvalue weighted by Gasteiger charge is -2.20. The van der Waals surface area contributed by atoms with Crippen LogP contribution in [0.25, 0.3) is 10.9 Å². The minimum Gasteiger partial charge on any atom is -0.497 e. The zero-order valence-electron chi connectivity index (χ0n) is 12.7. The van der Waals surface area contributed by atoms with Gasteiger partial charge >= 0.3 is 0 Å². The standard InChI is InChI=1S/C16H23N3O/c1-5-19(6-2)11-13-9-12-7-8-14(20-4)10-15(12)18-16(13)17-3/h7-10H,5-6,11H2,1-4H3,(H,17,18). The van der Waals surface area contributed by atoms with Gasteiger partial charge in [0.2, 0.25) is 0 Å². The molecule has 0 saturated carbocycles. The summed E-state index contributed by atoms with van der Waals surface area (Å²) in [7, 11) is 3.59. The van der Waals surface area contributed by atoms with Gasteiger partial charge in [-0.2, -0.15) is 0 Å². The Balaban J connectivity index is 2.44. The summed E-state index contributed by atoms with van der Waals surface area (Å²) in [5.74, 6) is 1.78. The van der Waals surface area contributed by atoms with Crippen LogP contribution in [0.4, 0.5) is 5.82 Å². The number of ether oxygens (including phenoxy) is 1. The van der Waals surface area contributed by atoms with Gasteiger partial charge in [-0.1, -0.05) is 13.8 Å². The second kappa shape index (κ2) is 6.57. The maximum Gasteiger partial charge on any atom is 0.130 e. The highest BCUT2D eigenvalue weighted by Gasteiger charge is 2.09.